The number of carbonyl (C=O) groups is 2. The molecule has 2 aliphatic rings. The van der Waals surface area contributed by atoms with Gasteiger partial charge in [-0.15, -0.1) is 11.3 Å². The molecule has 0 spiro atoms. The zero-order valence-corrected chi connectivity index (χ0v) is 12.1. The van der Waals surface area contributed by atoms with E-state index in [0.29, 0.717) is 18.2 Å². The molecule has 1 atom stereocenters. The minimum absolute atomic E-state index is 0.218. The quantitative estimate of drug-likeness (QED) is 0.853. The number of ether oxygens (including phenoxy) is 1. The van der Waals surface area contributed by atoms with Crippen LogP contribution in [0, 0.1) is 0 Å². The van der Waals surface area contributed by atoms with Gasteiger partial charge in [-0.2, -0.15) is 0 Å². The van der Waals surface area contributed by atoms with Crippen LogP contribution in [0.25, 0.3) is 0 Å². The molecule has 3 rings (SSSR count). The van der Waals surface area contributed by atoms with E-state index in [9.17, 15) is 14.7 Å². The maximum Gasteiger partial charge on any atom is 0.415 e. The van der Waals surface area contributed by atoms with Crippen LogP contribution in [0.15, 0.2) is 0 Å². The summed E-state index contributed by atoms with van der Waals surface area (Å²) in [5.41, 5.74) is 1.12. The Morgan fingerprint density at radius 1 is 1.55 bits per heavy atom. The molecule has 0 N–H and O–H groups in total. The number of cyclic esters (lactones) is 1. The lowest BCUT2D eigenvalue weighted by Gasteiger charge is -2.23. The Bertz CT molecular complexity index is 566. The van der Waals surface area contributed by atoms with E-state index in [4.69, 9.17) is 4.74 Å². The Balaban J connectivity index is 2.13. The molecular formula is C14H16NO4S-. The van der Waals surface area contributed by atoms with E-state index in [1.54, 1.807) is 0 Å². The van der Waals surface area contributed by atoms with Crippen LogP contribution in [0.3, 0.4) is 0 Å². The standard InChI is InChI=1S/C14H17NO4S/c1-2-8-4-3-5-9-10(8)11(13(16)17)12(20-9)15-6-7-19-14(15)18/h8H,2-7H2,1H3,(H,16,17)/p-1. The van der Waals surface area contributed by atoms with Gasteiger partial charge in [0.1, 0.15) is 11.6 Å². The number of fused-ring (bicyclic) bond motifs is 1. The van der Waals surface area contributed by atoms with Crippen molar-refractivity contribution in [3.05, 3.63) is 16.0 Å². The third kappa shape index (κ3) is 1.98. The van der Waals surface area contributed by atoms with E-state index in [1.165, 1.54) is 16.2 Å². The first-order valence-corrected chi connectivity index (χ1v) is 7.76. The Morgan fingerprint density at radius 2 is 2.35 bits per heavy atom. The first-order valence-electron chi connectivity index (χ1n) is 6.94. The van der Waals surface area contributed by atoms with E-state index >= 15 is 0 Å². The van der Waals surface area contributed by atoms with Crippen LogP contribution in [0.4, 0.5) is 9.80 Å². The fourth-order valence-corrected chi connectivity index (χ4v) is 4.55. The second kappa shape index (κ2) is 5.09. The first-order chi connectivity index (χ1) is 9.63. The zero-order valence-electron chi connectivity index (χ0n) is 11.3. The predicted octanol–water partition coefficient (Wildman–Crippen LogP) is 1.90. The van der Waals surface area contributed by atoms with Crippen molar-refractivity contribution in [3.63, 3.8) is 0 Å². The van der Waals surface area contributed by atoms with Crippen molar-refractivity contribution in [1.29, 1.82) is 0 Å². The van der Waals surface area contributed by atoms with Crippen LogP contribution < -0.4 is 10.0 Å². The third-order valence-corrected chi connectivity index (χ3v) is 5.36. The average Bonchev–Trinajstić information content (AvgIpc) is 3.00. The van der Waals surface area contributed by atoms with Crippen molar-refractivity contribution >= 4 is 28.4 Å². The summed E-state index contributed by atoms with van der Waals surface area (Å²) in [6.45, 7) is 2.79. The van der Waals surface area contributed by atoms with Crippen LogP contribution in [-0.4, -0.2) is 25.2 Å². The minimum atomic E-state index is -1.18. The minimum Gasteiger partial charge on any atom is -0.545 e. The van der Waals surface area contributed by atoms with Crippen LogP contribution in [0.1, 0.15) is 52.9 Å². The van der Waals surface area contributed by atoms with Gasteiger partial charge in [-0.05, 0) is 37.2 Å². The molecule has 1 aliphatic carbocycles. The number of nitrogens with zero attached hydrogens (tertiary/aromatic N) is 1. The monoisotopic (exact) mass is 294 g/mol. The van der Waals surface area contributed by atoms with Crippen LogP contribution in [-0.2, 0) is 11.2 Å². The lowest BCUT2D eigenvalue weighted by molar-refractivity contribution is -0.255. The molecule has 0 saturated carbocycles. The lowest BCUT2D eigenvalue weighted by Crippen LogP contribution is -2.29. The molecule has 20 heavy (non-hydrogen) atoms. The lowest BCUT2D eigenvalue weighted by atomic mass is 9.83. The molecule has 0 radical (unpaired) electrons. The number of hydrogen-bond acceptors (Lipinski definition) is 5. The van der Waals surface area contributed by atoms with Crippen molar-refractivity contribution in [2.75, 3.05) is 18.1 Å². The number of carbonyl (C=O) groups excluding carboxylic acids is 2. The number of anilines is 1. The molecule has 1 aliphatic heterocycles. The molecular weight excluding hydrogens is 278 g/mol. The molecule has 108 valence electrons. The van der Waals surface area contributed by atoms with Gasteiger partial charge in [0.2, 0.25) is 0 Å². The van der Waals surface area contributed by atoms with Gasteiger partial charge < -0.3 is 14.6 Å². The Morgan fingerprint density at radius 3 is 2.95 bits per heavy atom. The van der Waals surface area contributed by atoms with Gasteiger partial charge in [-0.25, -0.2) is 4.79 Å². The maximum absolute atomic E-state index is 11.7. The first kappa shape index (κ1) is 13.4. The normalized spacial score (nSPS) is 21.8. The summed E-state index contributed by atoms with van der Waals surface area (Å²) in [7, 11) is 0. The number of amides is 1. The predicted molar refractivity (Wildman–Crippen MR) is 73.3 cm³/mol. The summed E-state index contributed by atoms with van der Waals surface area (Å²) in [5.74, 6) is -0.923. The SMILES string of the molecule is CCC1CCCc2sc(N3CCOC3=O)c(C(=O)[O-])c21. The number of aryl methyl sites for hydroxylation is 1. The summed E-state index contributed by atoms with van der Waals surface area (Å²) in [6, 6.07) is 0. The van der Waals surface area contributed by atoms with E-state index in [1.807, 2.05) is 0 Å². The Kier molecular flexibility index (Phi) is 3.41. The number of thiophene rings is 1. The van der Waals surface area contributed by atoms with Crippen LogP contribution in [0.2, 0.25) is 0 Å². The Labute approximate surface area is 121 Å². The highest BCUT2D eigenvalue weighted by Crippen LogP contribution is 2.46. The average molecular weight is 294 g/mol. The van der Waals surface area contributed by atoms with Crippen molar-refractivity contribution in [2.24, 2.45) is 0 Å². The molecule has 1 aromatic rings. The largest absolute Gasteiger partial charge is 0.545 e. The van der Waals surface area contributed by atoms with Crippen molar-refractivity contribution in [2.45, 2.75) is 38.5 Å². The van der Waals surface area contributed by atoms with Crippen LogP contribution >= 0.6 is 11.3 Å². The van der Waals surface area contributed by atoms with Crippen molar-refractivity contribution in [3.8, 4) is 0 Å². The molecule has 0 aromatic carbocycles. The second-order valence-corrected chi connectivity index (χ2v) is 6.25. The number of aromatic carboxylic acids is 1. The van der Waals surface area contributed by atoms with Gasteiger partial charge >= 0.3 is 6.09 Å². The molecule has 1 unspecified atom stereocenters. The second-order valence-electron chi connectivity index (χ2n) is 5.17. The van der Waals surface area contributed by atoms with Gasteiger partial charge in [0.05, 0.1) is 12.5 Å². The number of carboxylic acids is 1. The summed E-state index contributed by atoms with van der Waals surface area (Å²) in [6.07, 6.45) is 3.42. The highest BCUT2D eigenvalue weighted by Gasteiger charge is 2.33. The topological polar surface area (TPSA) is 69.7 Å². The molecule has 5 nitrogen and oxygen atoms in total. The van der Waals surface area contributed by atoms with E-state index < -0.39 is 12.1 Å². The molecule has 1 aromatic heterocycles. The third-order valence-electron chi connectivity index (χ3n) is 4.07. The number of carboxylic acid groups (broad SMARTS) is 1. The highest BCUT2D eigenvalue weighted by atomic mass is 32.1. The van der Waals surface area contributed by atoms with E-state index in [2.05, 4.69) is 6.92 Å². The van der Waals surface area contributed by atoms with E-state index in [-0.39, 0.29) is 11.5 Å². The molecule has 0 bridgehead atoms. The smallest absolute Gasteiger partial charge is 0.415 e. The summed E-state index contributed by atoms with van der Waals surface area (Å²) >= 11 is 1.41. The molecule has 6 heteroatoms. The van der Waals surface area contributed by atoms with Crippen molar-refractivity contribution in [1.82, 2.24) is 0 Å². The van der Waals surface area contributed by atoms with Crippen molar-refractivity contribution < 1.29 is 19.4 Å². The van der Waals surface area contributed by atoms with Crippen LogP contribution in [0.5, 0.6) is 0 Å². The molecule has 1 fully saturated rings. The highest BCUT2D eigenvalue weighted by molar-refractivity contribution is 7.17. The van der Waals surface area contributed by atoms with Gasteiger partial charge in [-0.3, -0.25) is 4.90 Å². The molecule has 1 saturated heterocycles. The number of rotatable bonds is 3. The van der Waals surface area contributed by atoms with Gasteiger partial charge in [0.15, 0.2) is 0 Å². The maximum atomic E-state index is 11.7. The fraction of sp³-hybridized carbons (Fsp3) is 0.571. The molecule has 1 amide bonds. The molecule has 2 heterocycles. The summed E-state index contributed by atoms with van der Waals surface area (Å²) in [4.78, 5) is 25.8. The summed E-state index contributed by atoms with van der Waals surface area (Å²) < 4.78 is 4.92. The fourth-order valence-electron chi connectivity index (χ4n) is 3.12. The number of hydrogen-bond donors (Lipinski definition) is 0. The van der Waals surface area contributed by atoms with Gasteiger partial charge in [0.25, 0.3) is 0 Å². The van der Waals surface area contributed by atoms with Gasteiger partial charge in [-0.1, -0.05) is 6.92 Å². The zero-order chi connectivity index (χ0) is 14.3. The Hall–Kier alpha value is -1.56. The van der Waals surface area contributed by atoms with E-state index in [0.717, 1.165) is 36.1 Å². The summed E-state index contributed by atoms with van der Waals surface area (Å²) in [5, 5.41) is 12.1. The van der Waals surface area contributed by atoms with Gasteiger partial charge in [0, 0.05) is 10.4 Å².